The van der Waals surface area contributed by atoms with Crippen molar-refractivity contribution in [2.45, 2.75) is 64.1 Å². The number of hydrogen-bond donors (Lipinski definition) is 2. The van der Waals surface area contributed by atoms with Gasteiger partial charge in [0.2, 0.25) is 10.0 Å². The summed E-state index contributed by atoms with van der Waals surface area (Å²) in [5.41, 5.74) is 3.99. The number of nitrogens with one attached hydrogen (secondary N) is 2. The Bertz CT molecular complexity index is 1890. The van der Waals surface area contributed by atoms with Crippen molar-refractivity contribution < 1.29 is 22.5 Å². The van der Waals surface area contributed by atoms with E-state index in [4.69, 9.17) is 37.6 Å². The predicted octanol–water partition coefficient (Wildman–Crippen LogP) is 5.83. The Morgan fingerprint density at radius 3 is 2.31 bits per heavy atom. The first-order valence-corrected chi connectivity index (χ1v) is 17.3. The Kier molecular flexibility index (Phi) is 8.23. The molecule has 2 aliphatic rings. The highest BCUT2D eigenvalue weighted by Gasteiger charge is 2.52. The molecule has 6 rings (SSSR count). The van der Waals surface area contributed by atoms with Crippen molar-refractivity contribution in [3.63, 3.8) is 0 Å². The molecule has 1 saturated heterocycles. The van der Waals surface area contributed by atoms with E-state index in [1.165, 1.54) is 0 Å². The quantitative estimate of drug-likeness (QED) is 0.217. The summed E-state index contributed by atoms with van der Waals surface area (Å²) >= 11 is 12.7. The maximum Gasteiger partial charge on any atom is 0.496 e. The molecule has 0 radical (unpaired) electrons. The van der Waals surface area contributed by atoms with E-state index in [0.29, 0.717) is 38.0 Å². The average Bonchev–Trinajstić information content (AvgIpc) is 3.71. The lowest BCUT2D eigenvalue weighted by Gasteiger charge is -2.32. The summed E-state index contributed by atoms with van der Waals surface area (Å²) in [5.74, 6) is -0.242. The van der Waals surface area contributed by atoms with Crippen LogP contribution in [0.4, 0.5) is 5.69 Å². The molecule has 236 valence electrons. The molecule has 1 amide bonds. The van der Waals surface area contributed by atoms with Gasteiger partial charge in [0.05, 0.1) is 39.9 Å². The second kappa shape index (κ2) is 11.6. The van der Waals surface area contributed by atoms with Gasteiger partial charge in [0.1, 0.15) is 5.69 Å². The SMILES string of the molecule is CNC(=O)c1c(-c2ccc(Cl)cc2)nn2cc(NS(=O)(=O)CCc3ccc(B4OC(C)(C)C(C)(C)O4)c(Cl)c3)c(C3CC3)cc12. The van der Waals surface area contributed by atoms with E-state index < -0.39 is 28.3 Å². The lowest BCUT2D eigenvalue weighted by atomic mass is 9.78. The van der Waals surface area contributed by atoms with Crippen LogP contribution in [-0.4, -0.2) is 55.1 Å². The monoisotopic (exact) mass is 668 g/mol. The fourth-order valence-corrected chi connectivity index (χ4v) is 6.97. The van der Waals surface area contributed by atoms with Crippen LogP contribution >= 0.6 is 23.2 Å². The molecule has 0 spiro atoms. The zero-order valence-electron chi connectivity index (χ0n) is 25.8. The van der Waals surface area contributed by atoms with Crippen LogP contribution in [0.3, 0.4) is 0 Å². The lowest BCUT2D eigenvalue weighted by Crippen LogP contribution is -2.41. The third-order valence-electron chi connectivity index (χ3n) is 8.89. The van der Waals surface area contributed by atoms with Gasteiger partial charge in [-0.05, 0) is 88.3 Å². The smallest absolute Gasteiger partial charge is 0.399 e. The summed E-state index contributed by atoms with van der Waals surface area (Å²) in [4.78, 5) is 13.0. The Labute approximate surface area is 273 Å². The molecular weight excluding hydrogens is 634 g/mol. The number of amides is 1. The number of pyridine rings is 1. The molecule has 0 atom stereocenters. The minimum absolute atomic E-state index is 0.153. The van der Waals surface area contributed by atoms with Crippen LogP contribution < -0.4 is 15.5 Å². The third-order valence-corrected chi connectivity index (χ3v) is 10.7. The number of sulfonamides is 1. The number of hydrogen-bond acceptors (Lipinski definition) is 6. The number of anilines is 1. The Morgan fingerprint density at radius 1 is 1.04 bits per heavy atom. The van der Waals surface area contributed by atoms with E-state index >= 15 is 0 Å². The third kappa shape index (κ3) is 6.33. The van der Waals surface area contributed by atoms with E-state index in [1.54, 1.807) is 48.1 Å². The molecule has 0 bridgehead atoms. The van der Waals surface area contributed by atoms with E-state index in [9.17, 15) is 13.2 Å². The largest absolute Gasteiger partial charge is 0.496 e. The van der Waals surface area contributed by atoms with Crippen LogP contribution in [0.1, 0.15) is 67.9 Å². The minimum Gasteiger partial charge on any atom is -0.399 e. The number of halogens is 2. The van der Waals surface area contributed by atoms with Crippen molar-refractivity contribution in [1.82, 2.24) is 14.9 Å². The van der Waals surface area contributed by atoms with Gasteiger partial charge in [-0.2, -0.15) is 5.10 Å². The first-order chi connectivity index (χ1) is 21.2. The second-order valence-corrected chi connectivity index (χ2v) is 15.4. The topological polar surface area (TPSA) is 111 Å². The number of nitrogens with zero attached hydrogens (tertiary/aromatic N) is 2. The first kappa shape index (κ1) is 31.9. The van der Waals surface area contributed by atoms with E-state index in [0.717, 1.165) is 29.5 Å². The second-order valence-electron chi connectivity index (χ2n) is 12.7. The molecule has 0 unspecified atom stereocenters. The molecule has 9 nitrogen and oxygen atoms in total. The number of aromatic nitrogens is 2. The molecule has 1 saturated carbocycles. The first-order valence-electron chi connectivity index (χ1n) is 14.9. The molecule has 13 heteroatoms. The Hall–Kier alpha value is -3.09. The minimum atomic E-state index is -3.76. The van der Waals surface area contributed by atoms with Crippen molar-refractivity contribution in [3.8, 4) is 11.3 Å². The predicted molar refractivity (Wildman–Crippen MR) is 179 cm³/mol. The van der Waals surface area contributed by atoms with Gasteiger partial charge in [-0.25, -0.2) is 12.9 Å². The molecule has 2 aromatic carbocycles. The van der Waals surface area contributed by atoms with Crippen molar-refractivity contribution >= 4 is 62.9 Å². The highest BCUT2D eigenvalue weighted by molar-refractivity contribution is 7.92. The van der Waals surface area contributed by atoms with Crippen LogP contribution in [0.25, 0.3) is 16.8 Å². The fraction of sp³-hybridized carbons (Fsp3) is 0.375. The summed E-state index contributed by atoms with van der Waals surface area (Å²) in [6, 6.07) is 14.4. The van der Waals surface area contributed by atoms with Crippen LogP contribution in [0, 0.1) is 0 Å². The molecule has 2 fully saturated rings. The zero-order valence-corrected chi connectivity index (χ0v) is 28.1. The molecular formula is C32H35BCl2N4O5S. The highest BCUT2D eigenvalue weighted by atomic mass is 35.5. The van der Waals surface area contributed by atoms with Gasteiger partial charge < -0.3 is 14.6 Å². The molecule has 45 heavy (non-hydrogen) atoms. The van der Waals surface area contributed by atoms with Gasteiger partial charge in [0, 0.05) is 28.1 Å². The maximum absolute atomic E-state index is 13.4. The van der Waals surface area contributed by atoms with Crippen LogP contribution in [0.2, 0.25) is 10.0 Å². The summed E-state index contributed by atoms with van der Waals surface area (Å²) in [6.07, 6.45) is 3.78. The van der Waals surface area contributed by atoms with Crippen molar-refractivity contribution in [2.24, 2.45) is 0 Å². The van der Waals surface area contributed by atoms with Crippen LogP contribution in [0.15, 0.2) is 54.7 Å². The van der Waals surface area contributed by atoms with Crippen molar-refractivity contribution in [2.75, 3.05) is 17.5 Å². The normalized spacial score (nSPS) is 17.5. The molecule has 2 aromatic heterocycles. The lowest BCUT2D eigenvalue weighted by molar-refractivity contribution is 0.00578. The number of aryl methyl sites for hydroxylation is 1. The average molecular weight is 669 g/mol. The number of carbonyl (C=O) groups excluding carboxylic acids is 1. The Morgan fingerprint density at radius 2 is 1.71 bits per heavy atom. The van der Waals surface area contributed by atoms with Crippen molar-refractivity contribution in [1.29, 1.82) is 0 Å². The zero-order chi connectivity index (χ0) is 32.3. The molecule has 2 N–H and O–H groups in total. The Balaban J connectivity index is 1.25. The van der Waals surface area contributed by atoms with E-state index in [2.05, 4.69) is 10.0 Å². The summed E-state index contributed by atoms with van der Waals surface area (Å²) < 4.78 is 43.4. The van der Waals surface area contributed by atoms with Gasteiger partial charge in [-0.1, -0.05) is 47.5 Å². The van der Waals surface area contributed by atoms with Gasteiger partial charge in [0.15, 0.2) is 0 Å². The van der Waals surface area contributed by atoms with Gasteiger partial charge >= 0.3 is 7.12 Å². The van der Waals surface area contributed by atoms with E-state index in [-0.39, 0.29) is 24.0 Å². The number of carbonyl (C=O) groups is 1. The maximum atomic E-state index is 13.4. The molecule has 3 heterocycles. The highest BCUT2D eigenvalue weighted by Crippen LogP contribution is 2.45. The van der Waals surface area contributed by atoms with Crippen molar-refractivity contribution in [3.05, 3.63) is 81.5 Å². The molecule has 1 aliphatic heterocycles. The standard InChI is InChI=1S/C32H35BCl2N4O5S/c1-31(2)32(3,4)44-33(43-31)24-13-6-19(16-25(24)35)14-15-45(41,42)38-26-18-39-27(17-23(26)20-7-8-20)28(30(40)36-5)29(37-39)21-9-11-22(34)12-10-21/h6,9-13,16-18,20,38H,7-8,14-15H2,1-5H3,(H,36,40). The summed E-state index contributed by atoms with van der Waals surface area (Å²) in [6.45, 7) is 7.91. The number of fused-ring (bicyclic) bond motifs is 1. The van der Waals surface area contributed by atoms with E-state index in [1.807, 2.05) is 45.9 Å². The van der Waals surface area contributed by atoms with Crippen LogP contribution in [0.5, 0.6) is 0 Å². The number of rotatable bonds is 9. The fourth-order valence-electron chi connectivity index (χ4n) is 5.44. The van der Waals surface area contributed by atoms with Gasteiger partial charge in [0.25, 0.3) is 5.91 Å². The number of benzene rings is 2. The molecule has 1 aliphatic carbocycles. The summed E-state index contributed by atoms with van der Waals surface area (Å²) in [7, 11) is -2.80. The molecule has 4 aromatic rings. The van der Waals surface area contributed by atoms with Crippen LogP contribution in [-0.2, 0) is 25.8 Å². The van der Waals surface area contributed by atoms with Gasteiger partial charge in [-0.15, -0.1) is 0 Å². The van der Waals surface area contributed by atoms with Gasteiger partial charge in [-0.3, -0.25) is 9.52 Å². The summed E-state index contributed by atoms with van der Waals surface area (Å²) in [5, 5.41) is 8.43.